The van der Waals surface area contributed by atoms with Gasteiger partial charge in [0.25, 0.3) is 0 Å². The third kappa shape index (κ3) is 4.73. The summed E-state index contributed by atoms with van der Waals surface area (Å²) in [7, 11) is 0. The van der Waals surface area contributed by atoms with Crippen molar-refractivity contribution >= 4 is 18.8 Å². The van der Waals surface area contributed by atoms with Crippen LogP contribution in [0, 0.1) is 0 Å². The number of nitrogens with zero attached hydrogens (tertiary/aromatic N) is 1. The van der Waals surface area contributed by atoms with Crippen LogP contribution in [0.25, 0.3) is 0 Å². The number of carboxylic acid groups (broad SMARTS) is 1. The maximum atomic E-state index is 10.3. The first-order valence-electron chi connectivity index (χ1n) is 3.69. The van der Waals surface area contributed by atoms with E-state index >= 15 is 0 Å². The molecule has 0 spiro atoms. The molecular weight excluding hydrogens is 174 g/mol. The van der Waals surface area contributed by atoms with E-state index in [0.29, 0.717) is 19.2 Å². The second-order valence-electron chi connectivity index (χ2n) is 2.46. The molecule has 0 aliphatic carbocycles. The molecule has 0 saturated heterocycles. The molecule has 0 radical (unpaired) electrons. The average Bonchev–Trinajstić information content (AvgIpc) is 2.12. The summed E-state index contributed by atoms with van der Waals surface area (Å²) in [6, 6.07) is 0. The van der Waals surface area contributed by atoms with Crippen LogP contribution in [-0.2, 0) is 14.4 Å². The highest BCUT2D eigenvalue weighted by atomic mass is 16.4. The van der Waals surface area contributed by atoms with E-state index in [9.17, 15) is 14.4 Å². The number of aliphatic carboxylic acids is 1. The number of rotatable bonds is 7. The normalized spacial score (nSPS) is 8.92. The summed E-state index contributed by atoms with van der Waals surface area (Å²) >= 11 is 0. The average molecular weight is 185 g/mol. The molecule has 0 saturated carbocycles. The standard InChI is InChI=1S/C8H11NO4/c1-7(8(12)13)3-2-4-9(5-10)6-11/h5-6H,1-4H2,(H,12,13). The second-order valence-corrected chi connectivity index (χ2v) is 2.46. The van der Waals surface area contributed by atoms with E-state index in [-0.39, 0.29) is 18.5 Å². The minimum atomic E-state index is -1.05. The van der Waals surface area contributed by atoms with Crippen molar-refractivity contribution < 1.29 is 19.5 Å². The van der Waals surface area contributed by atoms with Crippen molar-refractivity contribution in [2.45, 2.75) is 12.8 Å². The van der Waals surface area contributed by atoms with Crippen LogP contribution in [0.5, 0.6) is 0 Å². The fraction of sp³-hybridized carbons (Fsp3) is 0.375. The molecule has 0 aliphatic heterocycles. The third-order valence-electron chi connectivity index (χ3n) is 1.47. The van der Waals surface area contributed by atoms with Crippen molar-refractivity contribution in [2.75, 3.05) is 6.54 Å². The molecule has 1 N–H and O–H groups in total. The van der Waals surface area contributed by atoms with Gasteiger partial charge in [0.1, 0.15) is 0 Å². The van der Waals surface area contributed by atoms with Gasteiger partial charge >= 0.3 is 5.97 Å². The predicted octanol–water partition coefficient (Wildman–Crippen LogP) is 0.0222. The Hall–Kier alpha value is -1.65. The molecule has 13 heavy (non-hydrogen) atoms. The highest BCUT2D eigenvalue weighted by molar-refractivity contribution is 5.85. The lowest BCUT2D eigenvalue weighted by atomic mass is 10.1. The molecule has 0 aromatic rings. The van der Waals surface area contributed by atoms with Crippen molar-refractivity contribution in [3.63, 3.8) is 0 Å². The Morgan fingerprint density at radius 1 is 1.38 bits per heavy atom. The van der Waals surface area contributed by atoms with Gasteiger partial charge in [-0.1, -0.05) is 6.58 Å². The fourth-order valence-electron chi connectivity index (χ4n) is 0.712. The molecule has 5 heteroatoms. The SMILES string of the molecule is C=C(CCCN(C=O)C=O)C(=O)O. The van der Waals surface area contributed by atoms with Crippen molar-refractivity contribution in [3.8, 4) is 0 Å². The van der Waals surface area contributed by atoms with E-state index in [1.165, 1.54) is 0 Å². The Labute approximate surface area is 75.6 Å². The first-order valence-corrected chi connectivity index (χ1v) is 3.69. The molecule has 5 nitrogen and oxygen atoms in total. The Morgan fingerprint density at radius 2 is 1.92 bits per heavy atom. The number of carbonyl (C=O) groups excluding carboxylic acids is 2. The molecule has 2 amide bonds. The number of carboxylic acids is 1. The summed E-state index contributed by atoms with van der Waals surface area (Å²) in [5, 5.41) is 8.41. The van der Waals surface area contributed by atoms with Gasteiger partial charge in [-0.15, -0.1) is 0 Å². The molecule has 0 atom stereocenters. The zero-order valence-electron chi connectivity index (χ0n) is 7.10. The number of amides is 2. The maximum Gasteiger partial charge on any atom is 0.330 e. The molecule has 0 heterocycles. The van der Waals surface area contributed by atoms with E-state index in [1.807, 2.05) is 0 Å². The van der Waals surface area contributed by atoms with Crippen LogP contribution in [0.3, 0.4) is 0 Å². The topological polar surface area (TPSA) is 74.7 Å². The highest BCUT2D eigenvalue weighted by Gasteiger charge is 2.04. The summed E-state index contributed by atoms with van der Waals surface area (Å²) in [5.41, 5.74) is 0.0803. The molecule has 0 unspecified atom stereocenters. The quantitative estimate of drug-likeness (QED) is 0.448. The first kappa shape index (κ1) is 11.4. The van der Waals surface area contributed by atoms with Gasteiger partial charge in [-0.25, -0.2) is 4.79 Å². The van der Waals surface area contributed by atoms with Crippen molar-refractivity contribution in [1.29, 1.82) is 0 Å². The van der Waals surface area contributed by atoms with E-state index in [2.05, 4.69) is 6.58 Å². The van der Waals surface area contributed by atoms with Crippen LogP contribution < -0.4 is 0 Å². The first-order chi connectivity index (χ1) is 6.11. The lowest BCUT2D eigenvalue weighted by Crippen LogP contribution is -2.21. The summed E-state index contributed by atoms with van der Waals surface area (Å²) in [6.45, 7) is 3.53. The lowest BCUT2D eigenvalue weighted by Gasteiger charge is -2.07. The Morgan fingerprint density at radius 3 is 2.31 bits per heavy atom. The van der Waals surface area contributed by atoms with Crippen LogP contribution in [0.4, 0.5) is 0 Å². The van der Waals surface area contributed by atoms with Crippen molar-refractivity contribution in [1.82, 2.24) is 4.90 Å². The predicted molar refractivity (Wildman–Crippen MR) is 44.8 cm³/mol. The Bertz CT molecular complexity index is 216. The van der Waals surface area contributed by atoms with E-state index in [4.69, 9.17) is 5.11 Å². The number of imide groups is 1. The summed E-state index contributed by atoms with van der Waals surface area (Å²) < 4.78 is 0. The maximum absolute atomic E-state index is 10.3. The Balaban J connectivity index is 3.66. The third-order valence-corrected chi connectivity index (χ3v) is 1.47. The highest BCUT2D eigenvalue weighted by Crippen LogP contribution is 2.02. The van der Waals surface area contributed by atoms with Crippen molar-refractivity contribution in [2.24, 2.45) is 0 Å². The van der Waals surface area contributed by atoms with Gasteiger partial charge < -0.3 is 5.11 Å². The minimum Gasteiger partial charge on any atom is -0.478 e. The molecule has 0 aromatic heterocycles. The summed E-state index contributed by atoms with van der Waals surface area (Å²) in [5.74, 6) is -1.05. The van der Waals surface area contributed by atoms with Gasteiger partial charge in [-0.2, -0.15) is 0 Å². The van der Waals surface area contributed by atoms with Gasteiger partial charge in [-0.3, -0.25) is 14.5 Å². The zero-order valence-corrected chi connectivity index (χ0v) is 7.10. The summed E-state index contributed by atoms with van der Waals surface area (Å²) in [4.78, 5) is 31.4. The molecule has 0 aromatic carbocycles. The smallest absolute Gasteiger partial charge is 0.330 e. The van der Waals surface area contributed by atoms with Crippen LogP contribution in [0.15, 0.2) is 12.2 Å². The van der Waals surface area contributed by atoms with Crippen molar-refractivity contribution in [3.05, 3.63) is 12.2 Å². The second kappa shape index (κ2) is 5.93. The van der Waals surface area contributed by atoms with E-state index in [0.717, 1.165) is 4.90 Å². The van der Waals surface area contributed by atoms with Crippen LogP contribution in [-0.4, -0.2) is 35.3 Å². The minimum absolute atomic E-state index is 0.0803. The molecular formula is C8H11NO4. The van der Waals surface area contributed by atoms with Gasteiger partial charge in [0.2, 0.25) is 12.8 Å². The molecule has 0 aliphatic rings. The van der Waals surface area contributed by atoms with E-state index < -0.39 is 5.97 Å². The largest absolute Gasteiger partial charge is 0.478 e. The Kier molecular flexibility index (Phi) is 5.18. The molecule has 0 rings (SSSR count). The number of hydrogen-bond donors (Lipinski definition) is 1. The molecule has 0 fully saturated rings. The van der Waals surface area contributed by atoms with Crippen LogP contribution in [0.1, 0.15) is 12.8 Å². The molecule has 0 bridgehead atoms. The lowest BCUT2D eigenvalue weighted by molar-refractivity contribution is -0.132. The number of carbonyl (C=O) groups is 3. The van der Waals surface area contributed by atoms with Gasteiger partial charge in [0.05, 0.1) is 0 Å². The summed E-state index contributed by atoms with van der Waals surface area (Å²) in [6.07, 6.45) is 1.49. The van der Waals surface area contributed by atoms with Crippen LogP contribution >= 0.6 is 0 Å². The van der Waals surface area contributed by atoms with Gasteiger partial charge in [0, 0.05) is 12.1 Å². The van der Waals surface area contributed by atoms with E-state index in [1.54, 1.807) is 0 Å². The zero-order chi connectivity index (χ0) is 10.3. The monoisotopic (exact) mass is 185 g/mol. The van der Waals surface area contributed by atoms with Crippen LogP contribution in [0.2, 0.25) is 0 Å². The molecule has 72 valence electrons. The fourth-order valence-corrected chi connectivity index (χ4v) is 0.712. The van der Waals surface area contributed by atoms with Gasteiger partial charge in [0.15, 0.2) is 0 Å². The number of hydrogen-bond acceptors (Lipinski definition) is 3. The van der Waals surface area contributed by atoms with Gasteiger partial charge in [-0.05, 0) is 12.8 Å².